The van der Waals surface area contributed by atoms with Crippen molar-refractivity contribution in [3.63, 3.8) is 0 Å². The van der Waals surface area contributed by atoms with Gasteiger partial charge < -0.3 is 14.8 Å². The molecular weight excluding hydrogens is 226 g/mol. The standard InChI is InChI=1S/C15H25NO2/c1-4-13(2)14-7-5-6-8-15(14)18-12-10-16-9-11-17-3/h5-8,13,16H,4,9-12H2,1-3H3/t13-/m0/s1. The van der Waals surface area contributed by atoms with Crippen LogP contribution in [0.25, 0.3) is 0 Å². The van der Waals surface area contributed by atoms with E-state index in [0.717, 1.165) is 31.9 Å². The fourth-order valence-corrected chi connectivity index (χ4v) is 1.77. The van der Waals surface area contributed by atoms with Gasteiger partial charge in [0.25, 0.3) is 0 Å². The van der Waals surface area contributed by atoms with E-state index in [1.54, 1.807) is 7.11 Å². The molecule has 0 saturated carbocycles. The van der Waals surface area contributed by atoms with Crippen molar-refractivity contribution in [2.45, 2.75) is 26.2 Å². The average Bonchev–Trinajstić information content (AvgIpc) is 2.42. The van der Waals surface area contributed by atoms with E-state index in [4.69, 9.17) is 9.47 Å². The number of rotatable bonds is 9. The summed E-state index contributed by atoms with van der Waals surface area (Å²) >= 11 is 0. The third-order valence-electron chi connectivity index (χ3n) is 3.08. The van der Waals surface area contributed by atoms with Crippen LogP contribution >= 0.6 is 0 Å². The molecule has 1 rings (SSSR count). The van der Waals surface area contributed by atoms with Crippen LogP contribution in [-0.4, -0.2) is 33.4 Å². The lowest BCUT2D eigenvalue weighted by atomic mass is 9.98. The summed E-state index contributed by atoms with van der Waals surface area (Å²) in [6.07, 6.45) is 1.13. The van der Waals surface area contributed by atoms with E-state index < -0.39 is 0 Å². The minimum absolute atomic E-state index is 0.544. The summed E-state index contributed by atoms with van der Waals surface area (Å²) in [5.74, 6) is 1.56. The van der Waals surface area contributed by atoms with Crippen LogP contribution < -0.4 is 10.1 Å². The predicted octanol–water partition coefficient (Wildman–Crippen LogP) is 2.81. The van der Waals surface area contributed by atoms with Crippen LogP contribution in [-0.2, 0) is 4.74 Å². The molecule has 3 nitrogen and oxygen atoms in total. The zero-order valence-corrected chi connectivity index (χ0v) is 11.7. The third kappa shape index (κ3) is 5.07. The molecule has 0 bridgehead atoms. The summed E-state index contributed by atoms with van der Waals surface area (Å²) in [5.41, 5.74) is 1.30. The van der Waals surface area contributed by atoms with Crippen molar-refractivity contribution in [2.24, 2.45) is 0 Å². The molecule has 0 radical (unpaired) electrons. The molecule has 0 heterocycles. The van der Waals surface area contributed by atoms with E-state index in [1.807, 2.05) is 6.07 Å². The number of ether oxygens (including phenoxy) is 2. The highest BCUT2D eigenvalue weighted by Crippen LogP contribution is 2.28. The Kier molecular flexibility index (Phi) is 7.46. The minimum Gasteiger partial charge on any atom is -0.492 e. The quantitative estimate of drug-likeness (QED) is 0.685. The van der Waals surface area contributed by atoms with Gasteiger partial charge in [0, 0.05) is 20.2 Å². The monoisotopic (exact) mass is 251 g/mol. The Morgan fingerprint density at radius 1 is 1.17 bits per heavy atom. The maximum absolute atomic E-state index is 5.84. The van der Waals surface area contributed by atoms with Crippen molar-refractivity contribution in [1.29, 1.82) is 0 Å². The van der Waals surface area contributed by atoms with Gasteiger partial charge >= 0.3 is 0 Å². The number of hydrogen-bond acceptors (Lipinski definition) is 3. The van der Waals surface area contributed by atoms with E-state index in [2.05, 4.69) is 37.4 Å². The lowest BCUT2D eigenvalue weighted by molar-refractivity contribution is 0.196. The summed E-state index contributed by atoms with van der Waals surface area (Å²) in [6.45, 7) is 7.58. The van der Waals surface area contributed by atoms with Crippen LogP contribution in [0.1, 0.15) is 31.7 Å². The van der Waals surface area contributed by atoms with Crippen LogP contribution in [0, 0.1) is 0 Å². The summed E-state index contributed by atoms with van der Waals surface area (Å²) < 4.78 is 10.8. The zero-order valence-electron chi connectivity index (χ0n) is 11.7. The predicted molar refractivity (Wildman–Crippen MR) is 75.4 cm³/mol. The molecule has 0 aliphatic carbocycles. The average molecular weight is 251 g/mol. The molecule has 18 heavy (non-hydrogen) atoms. The molecule has 0 unspecified atom stereocenters. The zero-order chi connectivity index (χ0) is 13.2. The number of nitrogens with one attached hydrogen (secondary N) is 1. The smallest absolute Gasteiger partial charge is 0.122 e. The summed E-state index contributed by atoms with van der Waals surface area (Å²) in [5, 5.41) is 3.27. The van der Waals surface area contributed by atoms with Gasteiger partial charge in [0.15, 0.2) is 0 Å². The summed E-state index contributed by atoms with van der Waals surface area (Å²) in [4.78, 5) is 0. The van der Waals surface area contributed by atoms with Gasteiger partial charge in [0.05, 0.1) is 6.61 Å². The lowest BCUT2D eigenvalue weighted by Gasteiger charge is -2.15. The first-order valence-corrected chi connectivity index (χ1v) is 6.71. The normalized spacial score (nSPS) is 12.4. The first-order valence-electron chi connectivity index (χ1n) is 6.71. The molecule has 102 valence electrons. The molecule has 0 spiro atoms. The second-order valence-corrected chi connectivity index (χ2v) is 4.44. The molecule has 1 N–H and O–H groups in total. The Labute approximate surface area is 110 Å². The first-order chi connectivity index (χ1) is 8.79. The second-order valence-electron chi connectivity index (χ2n) is 4.44. The van der Waals surface area contributed by atoms with Crippen LogP contribution in [0.15, 0.2) is 24.3 Å². The molecule has 0 saturated heterocycles. The van der Waals surface area contributed by atoms with Crippen LogP contribution in [0.2, 0.25) is 0 Å². The highest BCUT2D eigenvalue weighted by atomic mass is 16.5. The SMILES string of the molecule is CC[C@H](C)c1ccccc1OCCNCCOC. The van der Waals surface area contributed by atoms with Gasteiger partial charge in [0.1, 0.15) is 12.4 Å². The summed E-state index contributed by atoms with van der Waals surface area (Å²) in [6, 6.07) is 8.31. The van der Waals surface area contributed by atoms with E-state index in [0.29, 0.717) is 12.5 Å². The Morgan fingerprint density at radius 2 is 1.89 bits per heavy atom. The maximum atomic E-state index is 5.84. The summed E-state index contributed by atoms with van der Waals surface area (Å²) in [7, 11) is 1.71. The van der Waals surface area contributed by atoms with Crippen molar-refractivity contribution in [3.05, 3.63) is 29.8 Å². The molecule has 1 aromatic rings. The van der Waals surface area contributed by atoms with Crippen molar-refractivity contribution in [3.8, 4) is 5.75 Å². The second kappa shape index (κ2) is 8.95. The van der Waals surface area contributed by atoms with E-state index >= 15 is 0 Å². The fourth-order valence-electron chi connectivity index (χ4n) is 1.77. The molecule has 3 heteroatoms. The van der Waals surface area contributed by atoms with Gasteiger partial charge in [-0.1, -0.05) is 32.0 Å². The molecular formula is C15H25NO2. The maximum Gasteiger partial charge on any atom is 0.122 e. The van der Waals surface area contributed by atoms with Crippen molar-refractivity contribution in [2.75, 3.05) is 33.4 Å². The third-order valence-corrected chi connectivity index (χ3v) is 3.08. The lowest BCUT2D eigenvalue weighted by Crippen LogP contribution is -2.24. The van der Waals surface area contributed by atoms with E-state index in [1.165, 1.54) is 5.56 Å². The number of para-hydroxylation sites is 1. The van der Waals surface area contributed by atoms with Gasteiger partial charge in [-0.25, -0.2) is 0 Å². The largest absolute Gasteiger partial charge is 0.492 e. The van der Waals surface area contributed by atoms with Crippen molar-refractivity contribution < 1.29 is 9.47 Å². The topological polar surface area (TPSA) is 30.5 Å². The van der Waals surface area contributed by atoms with Crippen LogP contribution in [0.3, 0.4) is 0 Å². The van der Waals surface area contributed by atoms with Gasteiger partial charge in [-0.2, -0.15) is 0 Å². The van der Waals surface area contributed by atoms with Crippen LogP contribution in [0.4, 0.5) is 0 Å². The number of benzene rings is 1. The highest BCUT2D eigenvalue weighted by Gasteiger charge is 2.08. The number of methoxy groups -OCH3 is 1. The van der Waals surface area contributed by atoms with Gasteiger partial charge in [-0.05, 0) is 24.0 Å². The van der Waals surface area contributed by atoms with E-state index in [9.17, 15) is 0 Å². The molecule has 0 amide bonds. The van der Waals surface area contributed by atoms with Gasteiger partial charge in [-0.3, -0.25) is 0 Å². The molecule has 0 aromatic heterocycles. The molecule has 0 aliphatic rings. The molecule has 1 atom stereocenters. The Bertz CT molecular complexity index is 328. The highest BCUT2D eigenvalue weighted by molar-refractivity contribution is 5.35. The molecule has 0 aliphatic heterocycles. The Balaban J connectivity index is 2.37. The first kappa shape index (κ1) is 15.0. The Hall–Kier alpha value is -1.06. The minimum atomic E-state index is 0.544. The van der Waals surface area contributed by atoms with Crippen LogP contribution in [0.5, 0.6) is 5.75 Å². The Morgan fingerprint density at radius 3 is 2.61 bits per heavy atom. The number of hydrogen-bond donors (Lipinski definition) is 1. The van der Waals surface area contributed by atoms with Gasteiger partial charge in [-0.15, -0.1) is 0 Å². The molecule has 1 aromatic carbocycles. The van der Waals surface area contributed by atoms with Gasteiger partial charge in [0.2, 0.25) is 0 Å². The fraction of sp³-hybridized carbons (Fsp3) is 0.600. The van der Waals surface area contributed by atoms with Crippen molar-refractivity contribution >= 4 is 0 Å². The van der Waals surface area contributed by atoms with E-state index in [-0.39, 0.29) is 0 Å². The molecule has 0 fully saturated rings. The van der Waals surface area contributed by atoms with Crippen molar-refractivity contribution in [1.82, 2.24) is 5.32 Å².